The number of aryl methyl sites for hydroxylation is 1. The summed E-state index contributed by atoms with van der Waals surface area (Å²) in [5.41, 5.74) is 1.35. The van der Waals surface area contributed by atoms with Crippen LogP contribution in [0.25, 0.3) is 0 Å². The van der Waals surface area contributed by atoms with Gasteiger partial charge in [0, 0.05) is 13.0 Å². The Kier molecular flexibility index (Phi) is 6.51. The van der Waals surface area contributed by atoms with Crippen LogP contribution in [-0.4, -0.2) is 30.6 Å². The van der Waals surface area contributed by atoms with E-state index in [0.29, 0.717) is 17.7 Å². The fourth-order valence-electron chi connectivity index (χ4n) is 2.50. The van der Waals surface area contributed by atoms with Crippen LogP contribution in [0.5, 0.6) is 5.75 Å². The Labute approximate surface area is 145 Å². The number of methoxy groups -OCH3 is 1. The zero-order chi connectivity index (χ0) is 18.2. The maximum atomic E-state index is 13.0. The Morgan fingerprint density at radius 3 is 2.48 bits per heavy atom. The lowest BCUT2D eigenvalue weighted by atomic mass is 9.99. The Hall–Kier alpha value is -2.89. The Balaban J connectivity index is 1.91. The summed E-state index contributed by atoms with van der Waals surface area (Å²) in [4.78, 5) is 23.4. The number of halogens is 1. The molecule has 0 radical (unpaired) electrons. The van der Waals surface area contributed by atoms with Gasteiger partial charge in [-0.15, -0.1) is 0 Å². The number of carbonyl (C=O) groups is 2. The van der Waals surface area contributed by atoms with Gasteiger partial charge < -0.3 is 15.2 Å². The van der Waals surface area contributed by atoms with E-state index in [0.717, 1.165) is 5.56 Å². The molecular weight excluding hydrogens is 325 g/mol. The first-order valence-electron chi connectivity index (χ1n) is 7.88. The predicted octanol–water partition coefficient (Wildman–Crippen LogP) is 2.75. The van der Waals surface area contributed by atoms with E-state index in [1.807, 2.05) is 24.3 Å². The highest BCUT2D eigenvalue weighted by atomic mass is 19.1. The van der Waals surface area contributed by atoms with Gasteiger partial charge in [0.15, 0.2) is 0 Å². The molecule has 0 saturated carbocycles. The average Bonchev–Trinajstić information content (AvgIpc) is 2.61. The van der Waals surface area contributed by atoms with Crippen LogP contribution in [0.3, 0.4) is 0 Å². The third kappa shape index (κ3) is 5.31. The van der Waals surface area contributed by atoms with Crippen molar-refractivity contribution in [1.29, 1.82) is 0 Å². The van der Waals surface area contributed by atoms with Gasteiger partial charge in [0.05, 0.1) is 13.0 Å². The molecule has 6 heteroatoms. The minimum Gasteiger partial charge on any atom is -0.496 e. The maximum absolute atomic E-state index is 13.0. The SMILES string of the molecule is COc1ccccc1CCC(=O)NCC(C(=O)O)c1ccc(F)cc1. The summed E-state index contributed by atoms with van der Waals surface area (Å²) >= 11 is 0. The highest BCUT2D eigenvalue weighted by Crippen LogP contribution is 2.19. The molecule has 5 nitrogen and oxygen atoms in total. The number of hydrogen-bond acceptors (Lipinski definition) is 3. The summed E-state index contributed by atoms with van der Waals surface area (Å²) in [5, 5.41) is 12.0. The van der Waals surface area contributed by atoms with Crippen molar-refractivity contribution in [2.45, 2.75) is 18.8 Å². The number of nitrogens with one attached hydrogen (secondary N) is 1. The first kappa shape index (κ1) is 18.4. The molecular formula is C19H20FNO4. The fourth-order valence-corrected chi connectivity index (χ4v) is 2.50. The number of carboxylic acid groups (broad SMARTS) is 1. The van der Waals surface area contributed by atoms with E-state index in [4.69, 9.17) is 4.74 Å². The second-order valence-electron chi connectivity index (χ2n) is 5.56. The van der Waals surface area contributed by atoms with Gasteiger partial charge in [-0.3, -0.25) is 9.59 Å². The second kappa shape index (κ2) is 8.82. The quantitative estimate of drug-likeness (QED) is 0.771. The van der Waals surface area contributed by atoms with E-state index in [-0.39, 0.29) is 18.9 Å². The Morgan fingerprint density at radius 1 is 1.16 bits per heavy atom. The number of carboxylic acids is 1. The molecule has 2 aromatic rings. The summed E-state index contributed by atoms with van der Waals surface area (Å²) in [5.74, 6) is -1.97. The molecule has 1 atom stereocenters. The molecule has 0 aromatic heterocycles. The summed E-state index contributed by atoms with van der Waals surface area (Å²) < 4.78 is 18.2. The van der Waals surface area contributed by atoms with Crippen LogP contribution in [0.15, 0.2) is 48.5 Å². The van der Waals surface area contributed by atoms with Crippen LogP contribution >= 0.6 is 0 Å². The minimum atomic E-state index is -1.07. The van der Waals surface area contributed by atoms with Gasteiger partial charge in [-0.25, -0.2) is 4.39 Å². The predicted molar refractivity (Wildman–Crippen MR) is 91.1 cm³/mol. The van der Waals surface area contributed by atoms with Crippen LogP contribution in [0.4, 0.5) is 4.39 Å². The smallest absolute Gasteiger partial charge is 0.312 e. The molecule has 0 heterocycles. The van der Waals surface area contributed by atoms with Gasteiger partial charge in [0.25, 0.3) is 0 Å². The molecule has 2 N–H and O–H groups in total. The highest BCUT2D eigenvalue weighted by Gasteiger charge is 2.20. The van der Waals surface area contributed by atoms with E-state index >= 15 is 0 Å². The molecule has 1 unspecified atom stereocenters. The number of amides is 1. The van der Waals surface area contributed by atoms with Crippen molar-refractivity contribution in [3.05, 3.63) is 65.5 Å². The summed E-state index contributed by atoms with van der Waals surface area (Å²) in [6.07, 6.45) is 0.709. The Morgan fingerprint density at radius 2 is 1.84 bits per heavy atom. The fraction of sp³-hybridized carbons (Fsp3) is 0.263. The first-order chi connectivity index (χ1) is 12.0. The van der Waals surface area contributed by atoms with Crippen molar-refractivity contribution < 1.29 is 23.8 Å². The van der Waals surface area contributed by atoms with Crippen LogP contribution in [-0.2, 0) is 16.0 Å². The van der Waals surface area contributed by atoms with Crippen molar-refractivity contribution in [1.82, 2.24) is 5.32 Å². The van der Waals surface area contributed by atoms with E-state index < -0.39 is 17.7 Å². The monoisotopic (exact) mass is 345 g/mol. The van der Waals surface area contributed by atoms with Gasteiger partial charge in [-0.05, 0) is 35.7 Å². The lowest BCUT2D eigenvalue weighted by Crippen LogP contribution is -2.31. The molecule has 1 amide bonds. The van der Waals surface area contributed by atoms with Gasteiger partial charge >= 0.3 is 5.97 Å². The van der Waals surface area contributed by atoms with Crippen LogP contribution < -0.4 is 10.1 Å². The topological polar surface area (TPSA) is 75.6 Å². The van der Waals surface area contributed by atoms with Gasteiger partial charge in [0.1, 0.15) is 11.6 Å². The van der Waals surface area contributed by atoms with Crippen LogP contribution in [0, 0.1) is 5.82 Å². The third-order valence-electron chi connectivity index (χ3n) is 3.89. The second-order valence-corrected chi connectivity index (χ2v) is 5.56. The number of para-hydroxylation sites is 1. The van der Waals surface area contributed by atoms with E-state index in [1.165, 1.54) is 24.3 Å². The zero-order valence-corrected chi connectivity index (χ0v) is 13.9. The number of hydrogen-bond donors (Lipinski definition) is 2. The van der Waals surface area contributed by atoms with Gasteiger partial charge in [-0.2, -0.15) is 0 Å². The van der Waals surface area contributed by atoms with E-state index in [9.17, 15) is 19.1 Å². The van der Waals surface area contributed by atoms with Crippen molar-refractivity contribution in [3.63, 3.8) is 0 Å². The van der Waals surface area contributed by atoms with E-state index in [2.05, 4.69) is 5.32 Å². The molecule has 0 spiro atoms. The molecule has 0 bridgehead atoms. The summed E-state index contributed by atoms with van der Waals surface area (Å²) in [6, 6.07) is 12.6. The largest absolute Gasteiger partial charge is 0.496 e. The normalized spacial score (nSPS) is 11.6. The number of carbonyl (C=O) groups excluding carboxylic acids is 1. The maximum Gasteiger partial charge on any atom is 0.312 e. The van der Waals surface area contributed by atoms with Gasteiger partial charge in [0.2, 0.25) is 5.91 Å². The van der Waals surface area contributed by atoms with Crippen LogP contribution in [0.1, 0.15) is 23.5 Å². The highest BCUT2D eigenvalue weighted by molar-refractivity contribution is 5.80. The lowest BCUT2D eigenvalue weighted by molar-refractivity contribution is -0.138. The number of ether oxygens (including phenoxy) is 1. The number of aliphatic carboxylic acids is 1. The Bertz CT molecular complexity index is 730. The van der Waals surface area contributed by atoms with Crippen molar-refractivity contribution in [2.24, 2.45) is 0 Å². The molecule has 132 valence electrons. The molecule has 25 heavy (non-hydrogen) atoms. The zero-order valence-electron chi connectivity index (χ0n) is 13.9. The molecule has 2 aromatic carbocycles. The molecule has 0 aliphatic carbocycles. The molecule has 0 aliphatic heterocycles. The minimum absolute atomic E-state index is 0.0499. The van der Waals surface area contributed by atoms with Crippen molar-refractivity contribution in [2.75, 3.05) is 13.7 Å². The lowest BCUT2D eigenvalue weighted by Gasteiger charge is -2.14. The van der Waals surface area contributed by atoms with Gasteiger partial charge in [-0.1, -0.05) is 30.3 Å². The number of rotatable bonds is 8. The molecule has 0 aliphatic rings. The number of benzene rings is 2. The molecule has 2 rings (SSSR count). The van der Waals surface area contributed by atoms with Crippen LogP contribution in [0.2, 0.25) is 0 Å². The average molecular weight is 345 g/mol. The molecule has 0 fully saturated rings. The standard InChI is InChI=1S/C19H20FNO4/c1-25-17-5-3-2-4-14(17)8-11-18(22)21-12-16(19(23)24)13-6-9-15(20)10-7-13/h2-7,9-10,16H,8,11-12H2,1H3,(H,21,22)(H,23,24). The molecule has 0 saturated heterocycles. The summed E-state index contributed by atoms with van der Waals surface area (Å²) in [7, 11) is 1.57. The summed E-state index contributed by atoms with van der Waals surface area (Å²) in [6.45, 7) is -0.0499. The van der Waals surface area contributed by atoms with E-state index in [1.54, 1.807) is 7.11 Å². The first-order valence-corrected chi connectivity index (χ1v) is 7.88. The van der Waals surface area contributed by atoms with Crippen molar-refractivity contribution >= 4 is 11.9 Å². The third-order valence-corrected chi connectivity index (χ3v) is 3.89. The van der Waals surface area contributed by atoms with Crippen molar-refractivity contribution in [3.8, 4) is 5.75 Å².